The fraction of sp³-hybridized carbons (Fsp3) is 0.250. The molecule has 3 aromatic rings. The first kappa shape index (κ1) is 21.6. The van der Waals surface area contributed by atoms with Crippen molar-refractivity contribution in [2.75, 3.05) is 11.9 Å². The second-order valence-corrected chi connectivity index (χ2v) is 6.72. The Morgan fingerprint density at radius 2 is 1.83 bits per heavy atom. The summed E-state index contributed by atoms with van der Waals surface area (Å²) in [5.74, 6) is 0.957. The van der Waals surface area contributed by atoms with E-state index >= 15 is 0 Å². The maximum absolute atomic E-state index is 12.6. The smallest absolute Gasteiger partial charge is 0.416 e. The van der Waals surface area contributed by atoms with Gasteiger partial charge in [-0.2, -0.15) is 18.3 Å². The molecule has 158 valence electrons. The number of rotatable bonds is 7. The summed E-state index contributed by atoms with van der Waals surface area (Å²) in [5, 5.41) is 9.52. The number of carbonyl (C=O) groups excluding carboxylic acids is 1. The number of aromatic amines is 1. The van der Waals surface area contributed by atoms with Gasteiger partial charge >= 0.3 is 6.18 Å². The van der Waals surface area contributed by atoms with Gasteiger partial charge in [0.2, 0.25) is 5.91 Å². The number of anilines is 1. The number of nitrogens with one attached hydrogen (secondary N) is 2. The van der Waals surface area contributed by atoms with Crippen LogP contribution in [-0.4, -0.2) is 27.3 Å². The number of aromatic nitrogens is 3. The molecule has 0 fully saturated rings. The molecule has 3 rings (SSSR count). The SMILES string of the molecule is CCOc1ccc(-c2n[nH]c(=S)n2CCC(=O)Nc2ccc(C(F)(F)F)cc2)cc1. The molecular weight excluding hydrogens is 417 g/mol. The maximum atomic E-state index is 12.6. The van der Waals surface area contributed by atoms with E-state index in [0.717, 1.165) is 23.4 Å². The molecule has 0 saturated carbocycles. The van der Waals surface area contributed by atoms with E-state index in [0.29, 0.717) is 17.2 Å². The van der Waals surface area contributed by atoms with Crippen molar-refractivity contribution < 1.29 is 22.7 Å². The third-order valence-electron chi connectivity index (χ3n) is 4.24. The molecule has 2 N–H and O–H groups in total. The highest BCUT2D eigenvalue weighted by Gasteiger charge is 2.30. The Morgan fingerprint density at radius 3 is 2.43 bits per heavy atom. The largest absolute Gasteiger partial charge is 0.494 e. The van der Waals surface area contributed by atoms with Crippen LogP contribution in [0.5, 0.6) is 5.75 Å². The average molecular weight is 436 g/mol. The number of benzene rings is 2. The first-order valence-corrected chi connectivity index (χ1v) is 9.54. The Balaban J connectivity index is 1.65. The highest BCUT2D eigenvalue weighted by molar-refractivity contribution is 7.71. The number of hydrogen-bond donors (Lipinski definition) is 2. The van der Waals surface area contributed by atoms with Crippen molar-refractivity contribution in [3.63, 3.8) is 0 Å². The summed E-state index contributed by atoms with van der Waals surface area (Å²) in [6.45, 7) is 2.71. The zero-order chi connectivity index (χ0) is 21.7. The number of H-pyrrole nitrogens is 1. The van der Waals surface area contributed by atoms with Crippen molar-refractivity contribution in [1.29, 1.82) is 0 Å². The van der Waals surface area contributed by atoms with E-state index in [9.17, 15) is 18.0 Å². The summed E-state index contributed by atoms with van der Waals surface area (Å²) >= 11 is 5.25. The van der Waals surface area contributed by atoms with E-state index in [-0.39, 0.29) is 24.6 Å². The van der Waals surface area contributed by atoms with Crippen LogP contribution in [0.1, 0.15) is 18.9 Å². The number of halogens is 3. The van der Waals surface area contributed by atoms with Crippen molar-refractivity contribution in [1.82, 2.24) is 14.8 Å². The van der Waals surface area contributed by atoms with Crippen LogP contribution in [0.2, 0.25) is 0 Å². The molecule has 0 bridgehead atoms. The molecule has 10 heteroatoms. The number of carbonyl (C=O) groups is 1. The van der Waals surface area contributed by atoms with E-state index < -0.39 is 11.7 Å². The van der Waals surface area contributed by atoms with Gasteiger partial charge in [0.05, 0.1) is 12.2 Å². The Morgan fingerprint density at radius 1 is 1.17 bits per heavy atom. The van der Waals surface area contributed by atoms with Crippen molar-refractivity contribution in [3.8, 4) is 17.1 Å². The summed E-state index contributed by atoms with van der Waals surface area (Å²) in [4.78, 5) is 12.2. The van der Waals surface area contributed by atoms with E-state index in [1.54, 1.807) is 4.57 Å². The Kier molecular flexibility index (Phi) is 6.56. The molecule has 0 saturated heterocycles. The lowest BCUT2D eigenvalue weighted by atomic mass is 10.2. The van der Waals surface area contributed by atoms with Crippen molar-refractivity contribution in [3.05, 3.63) is 58.9 Å². The minimum Gasteiger partial charge on any atom is -0.494 e. The molecule has 0 spiro atoms. The van der Waals surface area contributed by atoms with Crippen LogP contribution in [0, 0.1) is 4.77 Å². The lowest BCUT2D eigenvalue weighted by Gasteiger charge is -2.10. The summed E-state index contributed by atoms with van der Waals surface area (Å²) in [7, 11) is 0. The quantitative estimate of drug-likeness (QED) is 0.508. The summed E-state index contributed by atoms with van der Waals surface area (Å²) < 4.78 is 45.3. The highest BCUT2D eigenvalue weighted by atomic mass is 32.1. The fourth-order valence-corrected chi connectivity index (χ4v) is 3.02. The maximum Gasteiger partial charge on any atom is 0.416 e. The van der Waals surface area contributed by atoms with Gasteiger partial charge in [-0.25, -0.2) is 0 Å². The van der Waals surface area contributed by atoms with E-state index in [1.165, 1.54) is 12.1 Å². The summed E-state index contributed by atoms with van der Waals surface area (Å²) in [5.41, 5.74) is 0.315. The van der Waals surface area contributed by atoms with Crippen LogP contribution >= 0.6 is 12.2 Å². The summed E-state index contributed by atoms with van der Waals surface area (Å²) in [6, 6.07) is 11.6. The molecule has 0 unspecified atom stereocenters. The molecule has 1 amide bonds. The molecule has 0 aliphatic carbocycles. The minimum absolute atomic E-state index is 0.0683. The van der Waals surface area contributed by atoms with Crippen LogP contribution in [0.25, 0.3) is 11.4 Å². The highest BCUT2D eigenvalue weighted by Crippen LogP contribution is 2.29. The molecule has 0 aliphatic rings. The Bertz CT molecular complexity index is 1060. The van der Waals surface area contributed by atoms with Gasteiger partial charge in [0.15, 0.2) is 10.6 Å². The van der Waals surface area contributed by atoms with E-state index in [4.69, 9.17) is 17.0 Å². The van der Waals surface area contributed by atoms with E-state index in [1.807, 2.05) is 31.2 Å². The molecule has 1 aromatic heterocycles. The lowest BCUT2D eigenvalue weighted by Crippen LogP contribution is -2.15. The normalized spacial score (nSPS) is 11.3. The van der Waals surface area contributed by atoms with Crippen LogP contribution in [0.3, 0.4) is 0 Å². The second-order valence-electron chi connectivity index (χ2n) is 6.33. The minimum atomic E-state index is -4.42. The van der Waals surface area contributed by atoms with Crippen molar-refractivity contribution >= 4 is 23.8 Å². The molecule has 1 heterocycles. The first-order chi connectivity index (χ1) is 14.3. The van der Waals surface area contributed by atoms with Gasteiger partial charge in [0, 0.05) is 24.2 Å². The molecule has 30 heavy (non-hydrogen) atoms. The van der Waals surface area contributed by atoms with Gasteiger partial charge in [-0.1, -0.05) is 0 Å². The molecule has 0 aliphatic heterocycles. The summed E-state index contributed by atoms with van der Waals surface area (Å²) in [6.07, 6.45) is -4.35. The van der Waals surface area contributed by atoms with Gasteiger partial charge in [-0.05, 0) is 67.7 Å². The molecule has 0 atom stereocenters. The van der Waals surface area contributed by atoms with Crippen LogP contribution in [0.15, 0.2) is 48.5 Å². The standard InChI is InChI=1S/C20H19F3N4O2S/c1-2-29-16-9-3-13(4-10-16)18-25-26-19(30)27(18)12-11-17(28)24-15-7-5-14(6-8-15)20(21,22)23/h3-10H,2,11-12H2,1H3,(H,24,28)(H,26,30). The predicted octanol–water partition coefficient (Wildman–Crippen LogP) is 5.05. The number of ether oxygens (including phenoxy) is 1. The van der Waals surface area contributed by atoms with Gasteiger partial charge in [-0.3, -0.25) is 14.5 Å². The Labute approximate surface area is 175 Å². The van der Waals surface area contributed by atoms with Crippen molar-refractivity contribution in [2.24, 2.45) is 0 Å². The zero-order valence-corrected chi connectivity index (χ0v) is 16.8. The number of hydrogen-bond acceptors (Lipinski definition) is 4. The molecule has 6 nitrogen and oxygen atoms in total. The predicted molar refractivity (Wildman–Crippen MR) is 109 cm³/mol. The molecule has 2 aromatic carbocycles. The second kappa shape index (κ2) is 9.12. The lowest BCUT2D eigenvalue weighted by molar-refractivity contribution is -0.137. The third-order valence-corrected chi connectivity index (χ3v) is 4.55. The van der Waals surface area contributed by atoms with Crippen LogP contribution in [-0.2, 0) is 17.5 Å². The topological polar surface area (TPSA) is 71.9 Å². The van der Waals surface area contributed by atoms with Gasteiger partial charge in [0.25, 0.3) is 0 Å². The Hall–Kier alpha value is -3.14. The van der Waals surface area contributed by atoms with Gasteiger partial charge in [0.1, 0.15) is 5.75 Å². The average Bonchev–Trinajstić information content (AvgIpc) is 3.07. The number of amides is 1. The van der Waals surface area contributed by atoms with Crippen molar-refractivity contribution in [2.45, 2.75) is 26.1 Å². The van der Waals surface area contributed by atoms with Gasteiger partial charge in [-0.15, -0.1) is 0 Å². The number of alkyl halides is 3. The molecular formula is C20H19F3N4O2S. The molecule has 0 radical (unpaired) electrons. The van der Waals surface area contributed by atoms with Crippen LogP contribution < -0.4 is 10.1 Å². The van der Waals surface area contributed by atoms with E-state index in [2.05, 4.69) is 15.5 Å². The fourth-order valence-electron chi connectivity index (χ4n) is 2.79. The first-order valence-electron chi connectivity index (χ1n) is 9.13. The number of nitrogens with zero attached hydrogens (tertiary/aromatic N) is 2. The third kappa shape index (κ3) is 5.26. The zero-order valence-electron chi connectivity index (χ0n) is 16.0. The van der Waals surface area contributed by atoms with Gasteiger partial charge < -0.3 is 10.1 Å². The van der Waals surface area contributed by atoms with Crippen LogP contribution in [0.4, 0.5) is 18.9 Å². The monoisotopic (exact) mass is 436 g/mol.